The van der Waals surface area contributed by atoms with Gasteiger partial charge in [-0.2, -0.15) is 0 Å². The van der Waals surface area contributed by atoms with Crippen molar-refractivity contribution in [2.75, 3.05) is 11.9 Å². The number of fused-ring (bicyclic) bond motifs is 3. The molecule has 3 rings (SSSR count). The Morgan fingerprint density at radius 2 is 2.15 bits per heavy atom. The number of hydrogen-bond donors (Lipinski definition) is 2. The molecule has 2 heteroatoms. The number of rotatable bonds is 0. The molecule has 2 aliphatic rings. The summed E-state index contributed by atoms with van der Waals surface area (Å²) in [6.07, 6.45) is 4.30. The number of anilines is 1. The van der Waals surface area contributed by atoms with Gasteiger partial charge in [-0.05, 0) is 17.8 Å². The zero-order chi connectivity index (χ0) is 8.67. The van der Waals surface area contributed by atoms with Crippen molar-refractivity contribution in [1.29, 1.82) is 0 Å². The van der Waals surface area contributed by atoms with Gasteiger partial charge < -0.3 is 10.6 Å². The number of para-hydroxylation sites is 1. The normalized spacial score (nSPS) is 28.6. The third kappa shape index (κ3) is 0.949. The van der Waals surface area contributed by atoms with Crippen molar-refractivity contribution in [2.24, 2.45) is 0 Å². The van der Waals surface area contributed by atoms with Crippen molar-refractivity contribution < 1.29 is 0 Å². The fourth-order valence-corrected chi connectivity index (χ4v) is 2.21. The molecule has 2 N–H and O–H groups in total. The van der Waals surface area contributed by atoms with Gasteiger partial charge in [0, 0.05) is 18.2 Å². The minimum Gasteiger partial charge on any atom is -0.389 e. The van der Waals surface area contributed by atoms with E-state index in [9.17, 15) is 0 Å². The molecule has 0 bridgehead atoms. The third-order valence-electron chi connectivity index (χ3n) is 2.85. The molecule has 66 valence electrons. The first-order valence-electron chi connectivity index (χ1n) is 4.71. The van der Waals surface area contributed by atoms with E-state index < -0.39 is 0 Å². The lowest BCUT2D eigenvalue weighted by Crippen LogP contribution is -2.34. The van der Waals surface area contributed by atoms with E-state index in [1.165, 1.54) is 11.3 Å². The molecule has 2 atom stereocenters. The van der Waals surface area contributed by atoms with E-state index in [4.69, 9.17) is 0 Å². The Bertz CT molecular complexity index is 357. The van der Waals surface area contributed by atoms with Crippen LogP contribution in [0.3, 0.4) is 0 Å². The third-order valence-corrected chi connectivity index (χ3v) is 2.85. The Morgan fingerprint density at radius 3 is 3.15 bits per heavy atom. The maximum Gasteiger partial charge on any atom is 0.0538 e. The topological polar surface area (TPSA) is 24.1 Å². The SMILES string of the molecule is C1=CC2c3ccccc3NC2CN1. The van der Waals surface area contributed by atoms with E-state index in [0.717, 1.165) is 6.54 Å². The van der Waals surface area contributed by atoms with Crippen LogP contribution in [-0.4, -0.2) is 12.6 Å². The second-order valence-electron chi connectivity index (χ2n) is 3.63. The molecule has 0 spiro atoms. The molecule has 2 unspecified atom stereocenters. The predicted molar refractivity (Wildman–Crippen MR) is 53.7 cm³/mol. The van der Waals surface area contributed by atoms with Crippen LogP contribution in [0.1, 0.15) is 11.5 Å². The lowest BCUT2D eigenvalue weighted by Gasteiger charge is -2.21. The molecule has 0 aliphatic carbocycles. The molecule has 2 nitrogen and oxygen atoms in total. The van der Waals surface area contributed by atoms with Gasteiger partial charge in [-0.25, -0.2) is 0 Å². The smallest absolute Gasteiger partial charge is 0.0538 e. The molecule has 0 aromatic heterocycles. The molecular formula is C11H12N2. The van der Waals surface area contributed by atoms with Crippen LogP contribution in [0.25, 0.3) is 0 Å². The summed E-state index contributed by atoms with van der Waals surface area (Å²) in [5.74, 6) is 0.567. The minimum atomic E-state index is 0.544. The highest BCUT2D eigenvalue weighted by Gasteiger charge is 2.30. The Labute approximate surface area is 77.7 Å². The molecule has 0 saturated heterocycles. The highest BCUT2D eigenvalue weighted by Crippen LogP contribution is 2.37. The lowest BCUT2D eigenvalue weighted by molar-refractivity contribution is 0.614. The van der Waals surface area contributed by atoms with E-state index in [2.05, 4.69) is 47.2 Å². The van der Waals surface area contributed by atoms with E-state index in [1.54, 1.807) is 0 Å². The second-order valence-corrected chi connectivity index (χ2v) is 3.63. The molecular weight excluding hydrogens is 160 g/mol. The first-order valence-corrected chi connectivity index (χ1v) is 4.71. The van der Waals surface area contributed by atoms with Crippen molar-refractivity contribution in [3.8, 4) is 0 Å². The van der Waals surface area contributed by atoms with Crippen LogP contribution in [0.4, 0.5) is 5.69 Å². The zero-order valence-electron chi connectivity index (χ0n) is 7.33. The summed E-state index contributed by atoms with van der Waals surface area (Å²) >= 11 is 0. The van der Waals surface area contributed by atoms with Gasteiger partial charge in [0.1, 0.15) is 0 Å². The van der Waals surface area contributed by atoms with Crippen LogP contribution in [0, 0.1) is 0 Å². The van der Waals surface area contributed by atoms with Crippen molar-refractivity contribution in [3.63, 3.8) is 0 Å². The number of hydrogen-bond acceptors (Lipinski definition) is 2. The number of nitrogens with one attached hydrogen (secondary N) is 2. The van der Waals surface area contributed by atoms with Gasteiger partial charge in [0.15, 0.2) is 0 Å². The molecule has 1 aromatic rings. The van der Waals surface area contributed by atoms with Crippen LogP contribution in [0.5, 0.6) is 0 Å². The van der Waals surface area contributed by atoms with Gasteiger partial charge in [0.25, 0.3) is 0 Å². The van der Waals surface area contributed by atoms with E-state index >= 15 is 0 Å². The first kappa shape index (κ1) is 7.01. The highest BCUT2D eigenvalue weighted by molar-refractivity contribution is 5.61. The quantitative estimate of drug-likeness (QED) is 0.622. The van der Waals surface area contributed by atoms with Gasteiger partial charge in [-0.15, -0.1) is 0 Å². The standard InChI is InChI=1S/C11H12N2/c1-2-4-10-8(3-1)9-5-6-12-7-11(9)13-10/h1-6,9,11-13H,7H2. The Kier molecular flexibility index (Phi) is 1.36. The average Bonchev–Trinajstić information content (AvgIpc) is 2.56. The summed E-state index contributed by atoms with van der Waals surface area (Å²) in [5.41, 5.74) is 2.73. The fraction of sp³-hybridized carbons (Fsp3) is 0.273. The van der Waals surface area contributed by atoms with Crippen molar-refractivity contribution in [1.82, 2.24) is 5.32 Å². The molecule has 1 aromatic carbocycles. The summed E-state index contributed by atoms with van der Waals surface area (Å²) in [6, 6.07) is 9.10. The van der Waals surface area contributed by atoms with Gasteiger partial charge >= 0.3 is 0 Å². The maximum atomic E-state index is 3.52. The highest BCUT2D eigenvalue weighted by atomic mass is 15.0. The van der Waals surface area contributed by atoms with E-state index in [-0.39, 0.29) is 0 Å². The van der Waals surface area contributed by atoms with Crippen molar-refractivity contribution in [2.45, 2.75) is 12.0 Å². The summed E-state index contributed by atoms with van der Waals surface area (Å²) in [5, 5.41) is 6.77. The molecule has 13 heavy (non-hydrogen) atoms. The molecule has 2 heterocycles. The predicted octanol–water partition coefficient (Wildman–Crippen LogP) is 1.68. The van der Waals surface area contributed by atoms with Crippen molar-refractivity contribution >= 4 is 5.69 Å². The molecule has 0 fully saturated rings. The Hall–Kier alpha value is -1.44. The summed E-state index contributed by atoms with van der Waals surface area (Å²) in [4.78, 5) is 0. The first-order chi connectivity index (χ1) is 6.45. The summed E-state index contributed by atoms with van der Waals surface area (Å²) in [6.45, 7) is 1.02. The summed E-state index contributed by atoms with van der Waals surface area (Å²) < 4.78 is 0. The van der Waals surface area contributed by atoms with Gasteiger partial charge in [-0.3, -0.25) is 0 Å². The Balaban J connectivity index is 2.09. The maximum absolute atomic E-state index is 3.52. The Morgan fingerprint density at radius 1 is 1.23 bits per heavy atom. The minimum absolute atomic E-state index is 0.544. The van der Waals surface area contributed by atoms with Crippen molar-refractivity contribution in [3.05, 3.63) is 42.1 Å². The van der Waals surface area contributed by atoms with Crippen LogP contribution in [0.15, 0.2) is 36.5 Å². The molecule has 2 aliphatic heterocycles. The van der Waals surface area contributed by atoms with Crippen LogP contribution >= 0.6 is 0 Å². The van der Waals surface area contributed by atoms with E-state index in [1.807, 2.05) is 0 Å². The van der Waals surface area contributed by atoms with Crippen LogP contribution in [-0.2, 0) is 0 Å². The zero-order valence-corrected chi connectivity index (χ0v) is 7.33. The van der Waals surface area contributed by atoms with Gasteiger partial charge in [0.2, 0.25) is 0 Å². The second kappa shape index (κ2) is 2.52. The summed E-state index contributed by atoms with van der Waals surface area (Å²) in [7, 11) is 0. The monoisotopic (exact) mass is 172 g/mol. The van der Waals surface area contributed by atoms with Gasteiger partial charge in [0.05, 0.1) is 6.04 Å². The largest absolute Gasteiger partial charge is 0.389 e. The van der Waals surface area contributed by atoms with E-state index in [0.29, 0.717) is 12.0 Å². The van der Waals surface area contributed by atoms with Crippen LogP contribution in [0.2, 0.25) is 0 Å². The lowest BCUT2D eigenvalue weighted by atomic mass is 9.93. The molecule has 0 amide bonds. The van der Waals surface area contributed by atoms with Gasteiger partial charge in [-0.1, -0.05) is 24.3 Å². The average molecular weight is 172 g/mol. The fourth-order valence-electron chi connectivity index (χ4n) is 2.21. The molecule has 0 saturated carbocycles. The molecule has 0 radical (unpaired) electrons. The number of benzene rings is 1. The van der Waals surface area contributed by atoms with Crippen LogP contribution < -0.4 is 10.6 Å².